The Balaban J connectivity index is 2.02. The van der Waals surface area contributed by atoms with E-state index in [0.29, 0.717) is 27.0 Å². The van der Waals surface area contributed by atoms with Gasteiger partial charge in [-0.05, 0) is 18.2 Å². The summed E-state index contributed by atoms with van der Waals surface area (Å²) in [5.74, 6) is 0. The summed E-state index contributed by atoms with van der Waals surface area (Å²) in [7, 11) is 0. The lowest BCUT2D eigenvalue weighted by atomic mass is 10.1. The third-order valence-corrected chi connectivity index (χ3v) is 4.79. The molecule has 1 saturated heterocycles. The van der Waals surface area contributed by atoms with E-state index in [9.17, 15) is 15.3 Å². The fourth-order valence-electron chi connectivity index (χ4n) is 3.15. The molecule has 4 atom stereocenters. The number of hydrogen-bond acceptors (Lipinski definition) is 6. The molecule has 0 radical (unpaired) electrons. The highest BCUT2D eigenvalue weighted by Gasteiger charge is 2.44. The molecule has 1 aliphatic rings. The van der Waals surface area contributed by atoms with E-state index in [1.807, 2.05) is 0 Å². The van der Waals surface area contributed by atoms with Crippen LogP contribution in [0.25, 0.3) is 21.9 Å². The number of aliphatic hydroxyl groups is 3. The number of fused-ring (bicyclic) bond motifs is 3. The molecule has 126 valence electrons. The number of nitrogens with zero attached hydrogens (tertiary/aromatic N) is 3. The molecule has 7 nitrogen and oxygen atoms in total. The summed E-state index contributed by atoms with van der Waals surface area (Å²) in [6.07, 6.45) is -2.95. The second-order valence-corrected chi connectivity index (χ2v) is 6.42. The van der Waals surface area contributed by atoms with E-state index in [4.69, 9.17) is 27.9 Å². The first-order valence-electron chi connectivity index (χ1n) is 7.25. The van der Waals surface area contributed by atoms with Crippen LogP contribution in [-0.4, -0.2) is 54.8 Å². The zero-order valence-corrected chi connectivity index (χ0v) is 13.7. The molecule has 0 amide bonds. The molecule has 1 aromatic carbocycles. The standard InChI is InChI=1S/C15H13Cl2N3O4/c16-6-1-2-8-7(3-6)10-13(17)18-5-19-14(10)20(8)15-12(23)11(22)9(4-21)24-15/h1-3,5,9,11-12,15,21-23H,4H2/t9-,11-,12+,15-/m1/s1. The molecule has 0 bridgehead atoms. The van der Waals surface area contributed by atoms with E-state index in [-0.39, 0.29) is 5.15 Å². The van der Waals surface area contributed by atoms with E-state index in [0.717, 1.165) is 0 Å². The van der Waals surface area contributed by atoms with Crippen LogP contribution in [0.3, 0.4) is 0 Å². The smallest absolute Gasteiger partial charge is 0.165 e. The number of aromatic nitrogens is 3. The zero-order valence-electron chi connectivity index (χ0n) is 12.2. The van der Waals surface area contributed by atoms with Crippen LogP contribution in [-0.2, 0) is 4.74 Å². The quantitative estimate of drug-likeness (QED) is 0.592. The van der Waals surface area contributed by atoms with Gasteiger partial charge in [0.1, 0.15) is 35.4 Å². The first-order chi connectivity index (χ1) is 11.5. The summed E-state index contributed by atoms with van der Waals surface area (Å²) < 4.78 is 7.28. The maximum Gasteiger partial charge on any atom is 0.165 e. The third kappa shape index (κ3) is 2.21. The fourth-order valence-corrected chi connectivity index (χ4v) is 3.56. The van der Waals surface area contributed by atoms with Crippen molar-refractivity contribution in [3.8, 4) is 0 Å². The van der Waals surface area contributed by atoms with Crippen LogP contribution in [0.2, 0.25) is 10.2 Å². The molecule has 3 aromatic rings. The van der Waals surface area contributed by atoms with Gasteiger partial charge in [0.25, 0.3) is 0 Å². The second kappa shape index (κ2) is 5.80. The van der Waals surface area contributed by atoms with Gasteiger partial charge in [0, 0.05) is 10.4 Å². The normalized spacial score (nSPS) is 27.4. The van der Waals surface area contributed by atoms with Crippen LogP contribution in [0.5, 0.6) is 0 Å². The molecule has 0 saturated carbocycles. The summed E-state index contributed by atoms with van der Waals surface area (Å²) in [4.78, 5) is 8.25. The summed E-state index contributed by atoms with van der Waals surface area (Å²) in [5, 5.41) is 31.8. The van der Waals surface area contributed by atoms with Crippen molar-refractivity contribution < 1.29 is 20.1 Å². The molecule has 9 heteroatoms. The van der Waals surface area contributed by atoms with Crippen molar-refractivity contribution in [2.75, 3.05) is 6.61 Å². The second-order valence-electron chi connectivity index (χ2n) is 5.62. The van der Waals surface area contributed by atoms with E-state index in [2.05, 4.69) is 9.97 Å². The number of halogens is 2. The van der Waals surface area contributed by atoms with Crippen LogP contribution in [0.15, 0.2) is 24.5 Å². The molecular formula is C15H13Cl2N3O4. The molecule has 24 heavy (non-hydrogen) atoms. The number of hydrogen-bond donors (Lipinski definition) is 3. The van der Waals surface area contributed by atoms with Gasteiger partial charge in [0.15, 0.2) is 6.23 Å². The monoisotopic (exact) mass is 369 g/mol. The van der Waals surface area contributed by atoms with Crippen LogP contribution in [0, 0.1) is 0 Å². The van der Waals surface area contributed by atoms with E-state index in [1.54, 1.807) is 22.8 Å². The predicted molar refractivity (Wildman–Crippen MR) is 88.1 cm³/mol. The lowest BCUT2D eigenvalue weighted by molar-refractivity contribution is -0.0489. The molecule has 4 rings (SSSR count). The van der Waals surface area contributed by atoms with E-state index < -0.39 is 31.1 Å². The van der Waals surface area contributed by atoms with E-state index in [1.165, 1.54) is 6.33 Å². The van der Waals surface area contributed by atoms with Crippen LogP contribution in [0.4, 0.5) is 0 Å². The topological polar surface area (TPSA) is 101 Å². The van der Waals surface area contributed by atoms with E-state index >= 15 is 0 Å². The Hall–Kier alpha value is -1.48. The minimum atomic E-state index is -1.23. The molecule has 3 heterocycles. The molecule has 1 fully saturated rings. The van der Waals surface area contributed by atoms with Gasteiger partial charge in [-0.2, -0.15) is 0 Å². The average Bonchev–Trinajstić information content (AvgIpc) is 3.03. The zero-order chi connectivity index (χ0) is 17.0. The minimum Gasteiger partial charge on any atom is -0.394 e. The first kappa shape index (κ1) is 16.0. The van der Waals surface area contributed by atoms with Crippen molar-refractivity contribution in [2.24, 2.45) is 0 Å². The highest BCUT2D eigenvalue weighted by Crippen LogP contribution is 2.39. The van der Waals surface area contributed by atoms with Crippen LogP contribution in [0.1, 0.15) is 6.23 Å². The number of ether oxygens (including phenoxy) is 1. The van der Waals surface area contributed by atoms with Crippen LogP contribution < -0.4 is 0 Å². The third-order valence-electron chi connectivity index (χ3n) is 4.27. The van der Waals surface area contributed by atoms with Crippen molar-refractivity contribution in [1.29, 1.82) is 0 Å². The van der Waals surface area contributed by atoms with Gasteiger partial charge in [-0.25, -0.2) is 9.97 Å². The molecule has 0 spiro atoms. The Morgan fingerprint density at radius 1 is 1.17 bits per heavy atom. The van der Waals surface area contributed by atoms with Gasteiger partial charge in [-0.3, -0.25) is 4.57 Å². The van der Waals surface area contributed by atoms with Crippen molar-refractivity contribution in [3.63, 3.8) is 0 Å². The number of benzene rings is 1. The molecule has 3 N–H and O–H groups in total. The summed E-state index contributed by atoms with van der Waals surface area (Å²) in [5.41, 5.74) is 1.12. The molecule has 2 aromatic heterocycles. The van der Waals surface area contributed by atoms with Crippen LogP contribution >= 0.6 is 23.2 Å². The molecule has 1 aliphatic heterocycles. The van der Waals surface area contributed by atoms with Gasteiger partial charge < -0.3 is 20.1 Å². The Kier molecular flexibility index (Phi) is 3.87. The van der Waals surface area contributed by atoms with Gasteiger partial charge in [-0.15, -0.1) is 0 Å². The first-order valence-corrected chi connectivity index (χ1v) is 8.00. The fraction of sp³-hybridized carbons (Fsp3) is 0.333. The lowest BCUT2D eigenvalue weighted by Gasteiger charge is -2.18. The summed E-state index contributed by atoms with van der Waals surface area (Å²) in [6, 6.07) is 5.18. The van der Waals surface area contributed by atoms with Gasteiger partial charge in [-0.1, -0.05) is 23.2 Å². The summed E-state index contributed by atoms with van der Waals surface area (Å²) in [6.45, 7) is -0.409. The maximum absolute atomic E-state index is 10.4. The van der Waals surface area contributed by atoms with Gasteiger partial charge >= 0.3 is 0 Å². The van der Waals surface area contributed by atoms with Crippen molar-refractivity contribution in [1.82, 2.24) is 14.5 Å². The molecule has 0 unspecified atom stereocenters. The van der Waals surface area contributed by atoms with Crippen molar-refractivity contribution in [2.45, 2.75) is 24.5 Å². The minimum absolute atomic E-state index is 0.248. The highest BCUT2D eigenvalue weighted by atomic mass is 35.5. The van der Waals surface area contributed by atoms with Gasteiger partial charge in [0.05, 0.1) is 17.5 Å². The Labute approximate surface area is 146 Å². The predicted octanol–water partition coefficient (Wildman–Crippen LogP) is 1.50. The van der Waals surface area contributed by atoms with Crippen molar-refractivity contribution >= 4 is 45.1 Å². The average molecular weight is 370 g/mol. The maximum atomic E-state index is 10.4. The Morgan fingerprint density at radius 2 is 1.96 bits per heavy atom. The molecular weight excluding hydrogens is 357 g/mol. The number of aliphatic hydroxyl groups excluding tert-OH is 3. The Morgan fingerprint density at radius 3 is 2.67 bits per heavy atom. The number of rotatable bonds is 2. The van der Waals surface area contributed by atoms with Gasteiger partial charge in [0.2, 0.25) is 0 Å². The lowest BCUT2D eigenvalue weighted by Crippen LogP contribution is -2.33. The SMILES string of the molecule is OC[C@H]1O[C@@H](n2c3ccc(Cl)cc3c3c(Cl)ncnc32)[C@@H](O)[C@@H]1O. The van der Waals surface area contributed by atoms with Crippen molar-refractivity contribution in [3.05, 3.63) is 34.7 Å². The largest absolute Gasteiger partial charge is 0.394 e. The summed E-state index contributed by atoms with van der Waals surface area (Å²) >= 11 is 12.3. The molecule has 0 aliphatic carbocycles. The highest BCUT2D eigenvalue weighted by molar-refractivity contribution is 6.37. The Bertz CT molecular complexity index is 932.